The van der Waals surface area contributed by atoms with Crippen LogP contribution in [-0.4, -0.2) is 26.8 Å². The number of aryl methyl sites for hydroxylation is 2. The predicted molar refractivity (Wildman–Crippen MR) is 91.3 cm³/mol. The molecule has 1 N–H and O–H groups in total. The standard InChI is InChI=1S/C19H21N5/c1-2-6-16(7-3-1)10-13-24-19(20-21-22-24)15-23-12-11-17-8-4-5-9-18(17)14-23/h1-9H,10-15H2/p+1. The molecule has 5 nitrogen and oxygen atoms in total. The van der Waals surface area contributed by atoms with E-state index >= 15 is 0 Å². The molecule has 1 aliphatic rings. The van der Waals surface area contributed by atoms with Crippen LogP contribution < -0.4 is 4.90 Å². The fourth-order valence-corrected chi connectivity index (χ4v) is 3.42. The number of rotatable bonds is 5. The number of quaternary nitrogens is 1. The topological polar surface area (TPSA) is 48.0 Å². The smallest absolute Gasteiger partial charge is 0.206 e. The molecule has 1 atom stereocenters. The van der Waals surface area contributed by atoms with Crippen LogP contribution >= 0.6 is 0 Å². The average Bonchev–Trinajstić information content (AvgIpc) is 3.08. The monoisotopic (exact) mass is 320 g/mol. The number of nitrogens with zero attached hydrogens (tertiary/aromatic N) is 4. The summed E-state index contributed by atoms with van der Waals surface area (Å²) in [7, 11) is 0. The molecule has 122 valence electrons. The van der Waals surface area contributed by atoms with Crippen molar-refractivity contribution in [1.82, 2.24) is 20.2 Å². The quantitative estimate of drug-likeness (QED) is 0.765. The number of tetrazole rings is 1. The van der Waals surface area contributed by atoms with Gasteiger partial charge in [0.1, 0.15) is 13.1 Å². The second-order valence-corrected chi connectivity index (χ2v) is 6.43. The van der Waals surface area contributed by atoms with Crippen molar-refractivity contribution in [3.8, 4) is 0 Å². The summed E-state index contributed by atoms with van der Waals surface area (Å²) in [5.41, 5.74) is 4.27. The van der Waals surface area contributed by atoms with E-state index in [-0.39, 0.29) is 0 Å². The Morgan fingerprint density at radius 3 is 2.62 bits per heavy atom. The Labute approximate surface area is 141 Å². The first kappa shape index (κ1) is 15.0. The van der Waals surface area contributed by atoms with Crippen molar-refractivity contribution in [1.29, 1.82) is 0 Å². The van der Waals surface area contributed by atoms with Gasteiger partial charge in [-0.1, -0.05) is 54.6 Å². The lowest BCUT2D eigenvalue weighted by Crippen LogP contribution is -3.10. The number of hydrogen-bond acceptors (Lipinski definition) is 3. The highest BCUT2D eigenvalue weighted by atomic mass is 15.5. The van der Waals surface area contributed by atoms with Gasteiger partial charge in [-0.15, -0.1) is 5.10 Å². The van der Waals surface area contributed by atoms with Crippen molar-refractivity contribution < 1.29 is 4.90 Å². The zero-order chi connectivity index (χ0) is 16.2. The van der Waals surface area contributed by atoms with E-state index in [1.54, 1.807) is 0 Å². The van der Waals surface area contributed by atoms with Crippen molar-refractivity contribution in [3.63, 3.8) is 0 Å². The zero-order valence-corrected chi connectivity index (χ0v) is 13.7. The Morgan fingerprint density at radius 2 is 1.75 bits per heavy atom. The van der Waals surface area contributed by atoms with Gasteiger partial charge in [0.05, 0.1) is 6.54 Å². The summed E-state index contributed by atoms with van der Waals surface area (Å²) in [6.07, 6.45) is 2.09. The Hall–Kier alpha value is -2.53. The molecule has 4 rings (SSSR count). The van der Waals surface area contributed by atoms with Crippen LogP contribution in [0.3, 0.4) is 0 Å². The van der Waals surface area contributed by atoms with Gasteiger partial charge in [0, 0.05) is 18.5 Å². The molecule has 24 heavy (non-hydrogen) atoms. The number of benzene rings is 2. The fourth-order valence-electron chi connectivity index (χ4n) is 3.42. The lowest BCUT2D eigenvalue weighted by Gasteiger charge is -2.25. The molecule has 0 saturated carbocycles. The Kier molecular flexibility index (Phi) is 4.34. The Balaban J connectivity index is 1.40. The Bertz CT molecular complexity index is 796. The third kappa shape index (κ3) is 3.36. The molecule has 1 aromatic heterocycles. The lowest BCUT2D eigenvalue weighted by atomic mass is 10.00. The van der Waals surface area contributed by atoms with E-state index < -0.39 is 0 Å². The highest BCUT2D eigenvalue weighted by molar-refractivity contribution is 5.27. The number of nitrogens with one attached hydrogen (secondary N) is 1. The van der Waals surface area contributed by atoms with Crippen LogP contribution in [0.2, 0.25) is 0 Å². The van der Waals surface area contributed by atoms with Crippen LogP contribution in [0.4, 0.5) is 0 Å². The van der Waals surface area contributed by atoms with Crippen molar-refractivity contribution in [2.45, 2.75) is 32.5 Å². The van der Waals surface area contributed by atoms with Crippen LogP contribution in [0.25, 0.3) is 0 Å². The molecule has 0 fully saturated rings. The summed E-state index contributed by atoms with van der Waals surface area (Å²) in [6, 6.07) is 19.2. The van der Waals surface area contributed by atoms with Gasteiger partial charge >= 0.3 is 0 Å². The second kappa shape index (κ2) is 6.93. The van der Waals surface area contributed by atoms with Crippen LogP contribution in [0.1, 0.15) is 22.5 Å². The minimum atomic E-state index is 0.830. The lowest BCUT2D eigenvalue weighted by molar-refractivity contribution is -0.930. The van der Waals surface area contributed by atoms with E-state index in [1.807, 2.05) is 10.7 Å². The molecule has 0 bridgehead atoms. The molecule has 0 saturated heterocycles. The first-order valence-electron chi connectivity index (χ1n) is 8.58. The summed E-state index contributed by atoms with van der Waals surface area (Å²) in [6.45, 7) is 3.91. The largest absolute Gasteiger partial charge is 0.324 e. The predicted octanol–water partition coefficient (Wildman–Crippen LogP) is 1.06. The van der Waals surface area contributed by atoms with E-state index in [0.717, 1.165) is 44.8 Å². The van der Waals surface area contributed by atoms with Crippen LogP contribution in [0, 0.1) is 0 Å². The second-order valence-electron chi connectivity index (χ2n) is 6.43. The molecule has 0 aliphatic carbocycles. The molecular weight excluding hydrogens is 298 g/mol. The van der Waals surface area contributed by atoms with Gasteiger partial charge in [-0.2, -0.15) is 0 Å². The maximum absolute atomic E-state index is 4.26. The summed E-state index contributed by atoms with van der Waals surface area (Å²) in [4.78, 5) is 1.53. The normalized spacial score (nSPS) is 16.8. The first-order chi connectivity index (χ1) is 11.9. The molecule has 0 amide bonds. The first-order valence-corrected chi connectivity index (χ1v) is 8.58. The number of fused-ring (bicyclic) bond motifs is 1. The van der Waals surface area contributed by atoms with Crippen molar-refractivity contribution in [2.24, 2.45) is 0 Å². The summed E-state index contributed by atoms with van der Waals surface area (Å²) >= 11 is 0. The third-order valence-electron chi connectivity index (χ3n) is 4.78. The zero-order valence-electron chi connectivity index (χ0n) is 13.7. The summed E-state index contributed by atoms with van der Waals surface area (Å²) < 4.78 is 1.96. The molecule has 1 unspecified atom stereocenters. The van der Waals surface area contributed by atoms with E-state index in [0.29, 0.717) is 0 Å². The maximum atomic E-state index is 4.26. The van der Waals surface area contributed by atoms with Gasteiger partial charge in [-0.25, -0.2) is 4.68 Å². The molecule has 2 aromatic carbocycles. The number of hydrogen-bond donors (Lipinski definition) is 1. The third-order valence-corrected chi connectivity index (χ3v) is 4.78. The SMILES string of the molecule is c1ccc(CCn2nnnc2C[NH+]2CCc3ccccc3C2)cc1. The average molecular weight is 320 g/mol. The van der Waals surface area contributed by atoms with Crippen LogP contribution in [0.5, 0.6) is 0 Å². The van der Waals surface area contributed by atoms with Gasteiger partial charge in [0.25, 0.3) is 0 Å². The fraction of sp³-hybridized carbons (Fsp3) is 0.316. The number of aromatic nitrogens is 4. The van der Waals surface area contributed by atoms with Gasteiger partial charge < -0.3 is 4.90 Å². The van der Waals surface area contributed by atoms with Gasteiger partial charge in [0.15, 0.2) is 0 Å². The van der Waals surface area contributed by atoms with Gasteiger partial charge in [0.2, 0.25) is 5.82 Å². The van der Waals surface area contributed by atoms with Crippen molar-refractivity contribution in [2.75, 3.05) is 6.54 Å². The maximum Gasteiger partial charge on any atom is 0.206 e. The van der Waals surface area contributed by atoms with Gasteiger partial charge in [-0.3, -0.25) is 0 Å². The highest BCUT2D eigenvalue weighted by Gasteiger charge is 2.21. The molecule has 2 heterocycles. The van der Waals surface area contributed by atoms with Crippen LogP contribution in [0.15, 0.2) is 54.6 Å². The van der Waals surface area contributed by atoms with E-state index in [1.165, 1.54) is 21.6 Å². The van der Waals surface area contributed by atoms with E-state index in [2.05, 4.69) is 64.1 Å². The van der Waals surface area contributed by atoms with Crippen LogP contribution in [-0.2, 0) is 32.5 Å². The van der Waals surface area contributed by atoms with Crippen molar-refractivity contribution in [3.05, 3.63) is 77.1 Å². The minimum absolute atomic E-state index is 0.830. The molecule has 5 heteroatoms. The molecule has 1 aliphatic heterocycles. The van der Waals surface area contributed by atoms with Gasteiger partial charge in [-0.05, 0) is 28.0 Å². The van der Waals surface area contributed by atoms with E-state index in [4.69, 9.17) is 0 Å². The minimum Gasteiger partial charge on any atom is -0.324 e. The Morgan fingerprint density at radius 1 is 0.958 bits per heavy atom. The summed E-state index contributed by atoms with van der Waals surface area (Å²) in [5, 5.41) is 12.3. The highest BCUT2D eigenvalue weighted by Crippen LogP contribution is 2.10. The summed E-state index contributed by atoms with van der Waals surface area (Å²) in [5.74, 6) is 0.986. The molecule has 3 aromatic rings. The van der Waals surface area contributed by atoms with E-state index in [9.17, 15) is 0 Å². The van der Waals surface area contributed by atoms with Crippen molar-refractivity contribution >= 4 is 0 Å². The molecule has 0 spiro atoms. The molecular formula is C19H22N5+. The molecule has 0 radical (unpaired) electrons.